The van der Waals surface area contributed by atoms with Crippen molar-refractivity contribution < 1.29 is 9.59 Å². The minimum atomic E-state index is -0.318. The monoisotopic (exact) mass is 408 g/mol. The molecule has 0 spiro atoms. The molecule has 4 rings (SSSR count). The molecule has 4 nitrogen and oxygen atoms in total. The van der Waals surface area contributed by atoms with Crippen LogP contribution in [0.2, 0.25) is 5.02 Å². The second-order valence-corrected chi connectivity index (χ2v) is 7.92. The predicted octanol–water partition coefficient (Wildman–Crippen LogP) is 5.99. The first-order valence-corrected chi connectivity index (χ1v) is 9.93. The van der Waals surface area contributed by atoms with Gasteiger partial charge < -0.3 is 4.57 Å². The molecule has 0 bridgehead atoms. The Balaban J connectivity index is 1.70. The van der Waals surface area contributed by atoms with Gasteiger partial charge in [-0.1, -0.05) is 29.8 Å². The van der Waals surface area contributed by atoms with Crippen molar-refractivity contribution in [2.24, 2.45) is 0 Å². The molecule has 140 valence electrons. The number of amides is 2. The molecule has 28 heavy (non-hydrogen) atoms. The zero-order valence-electron chi connectivity index (χ0n) is 15.3. The number of nitrogens with zero attached hydrogens (tertiary/aromatic N) is 2. The highest BCUT2D eigenvalue weighted by Crippen LogP contribution is 2.37. The molecule has 0 atom stereocenters. The number of hydrogen-bond acceptors (Lipinski definition) is 3. The number of imide groups is 1. The lowest BCUT2D eigenvalue weighted by molar-refractivity contribution is -0.113. The van der Waals surface area contributed by atoms with Crippen LogP contribution in [0, 0.1) is 13.8 Å². The highest BCUT2D eigenvalue weighted by atomic mass is 35.5. The average Bonchev–Trinajstić information content (AvgIpc) is 3.12. The first kappa shape index (κ1) is 18.6. The van der Waals surface area contributed by atoms with Gasteiger partial charge in [0, 0.05) is 22.1 Å². The quantitative estimate of drug-likeness (QED) is 0.500. The van der Waals surface area contributed by atoms with E-state index < -0.39 is 0 Å². The van der Waals surface area contributed by atoms with Crippen LogP contribution in [0.4, 0.5) is 10.5 Å². The minimum absolute atomic E-state index is 0.310. The molecule has 1 saturated heterocycles. The van der Waals surface area contributed by atoms with Gasteiger partial charge in [0.05, 0.1) is 10.6 Å². The Bertz CT molecular complexity index is 1100. The number of anilines is 1. The van der Waals surface area contributed by atoms with Crippen LogP contribution in [-0.4, -0.2) is 15.7 Å². The Morgan fingerprint density at radius 3 is 2.29 bits per heavy atom. The fraction of sp³-hybridized carbons (Fsp3) is 0.0909. The zero-order valence-corrected chi connectivity index (χ0v) is 16.9. The molecule has 2 heterocycles. The van der Waals surface area contributed by atoms with Crippen molar-refractivity contribution in [2.75, 3.05) is 4.90 Å². The van der Waals surface area contributed by atoms with Gasteiger partial charge in [-0.15, -0.1) is 0 Å². The predicted molar refractivity (Wildman–Crippen MR) is 115 cm³/mol. The van der Waals surface area contributed by atoms with Crippen molar-refractivity contribution in [1.82, 2.24) is 4.57 Å². The third kappa shape index (κ3) is 3.28. The normalized spacial score (nSPS) is 15.7. The number of aryl methyl sites for hydroxylation is 1. The van der Waals surface area contributed by atoms with E-state index in [-0.39, 0.29) is 11.1 Å². The van der Waals surface area contributed by atoms with E-state index in [0.29, 0.717) is 15.6 Å². The second-order valence-electron chi connectivity index (χ2n) is 6.49. The molecule has 1 aliphatic rings. The Labute approximate surface area is 172 Å². The van der Waals surface area contributed by atoms with E-state index in [2.05, 4.69) is 4.57 Å². The average molecular weight is 409 g/mol. The third-order valence-corrected chi connectivity index (χ3v) is 5.77. The number of hydrogen-bond donors (Lipinski definition) is 0. The SMILES string of the molecule is Cc1cc(/C=C2\SC(=O)N(c3ccc(Cl)cc3)C2=O)c(C)n1-c1ccccc1. The van der Waals surface area contributed by atoms with Crippen LogP contribution in [0.5, 0.6) is 0 Å². The van der Waals surface area contributed by atoms with Crippen molar-refractivity contribution in [2.45, 2.75) is 13.8 Å². The zero-order chi connectivity index (χ0) is 19.8. The first-order valence-electron chi connectivity index (χ1n) is 8.73. The van der Waals surface area contributed by atoms with E-state index in [9.17, 15) is 9.59 Å². The summed E-state index contributed by atoms with van der Waals surface area (Å²) in [5.41, 5.74) is 4.58. The van der Waals surface area contributed by atoms with Crippen molar-refractivity contribution in [1.29, 1.82) is 0 Å². The summed E-state index contributed by atoms with van der Waals surface area (Å²) in [5, 5.41) is 0.245. The minimum Gasteiger partial charge on any atom is -0.318 e. The summed E-state index contributed by atoms with van der Waals surface area (Å²) in [5.74, 6) is -0.318. The van der Waals surface area contributed by atoms with Gasteiger partial charge in [-0.25, -0.2) is 4.90 Å². The lowest BCUT2D eigenvalue weighted by Gasteiger charge is -2.12. The Morgan fingerprint density at radius 2 is 1.61 bits per heavy atom. The number of aromatic nitrogens is 1. The Hall–Kier alpha value is -2.76. The number of carbonyl (C=O) groups is 2. The van der Waals surface area contributed by atoms with Crippen LogP contribution in [0.15, 0.2) is 65.6 Å². The molecule has 0 aliphatic carbocycles. The van der Waals surface area contributed by atoms with Crippen molar-refractivity contribution in [3.05, 3.63) is 87.5 Å². The molecule has 1 fully saturated rings. The van der Waals surface area contributed by atoms with Crippen molar-refractivity contribution in [3.63, 3.8) is 0 Å². The number of para-hydroxylation sites is 1. The third-order valence-electron chi connectivity index (χ3n) is 4.65. The lowest BCUT2D eigenvalue weighted by atomic mass is 10.2. The molecule has 0 radical (unpaired) electrons. The van der Waals surface area contributed by atoms with Crippen LogP contribution in [-0.2, 0) is 4.79 Å². The summed E-state index contributed by atoms with van der Waals surface area (Å²) in [6, 6.07) is 18.7. The summed E-state index contributed by atoms with van der Waals surface area (Å²) >= 11 is 6.86. The van der Waals surface area contributed by atoms with Crippen LogP contribution < -0.4 is 4.90 Å². The maximum Gasteiger partial charge on any atom is 0.298 e. The number of rotatable bonds is 3. The van der Waals surface area contributed by atoms with E-state index in [1.807, 2.05) is 50.2 Å². The number of halogens is 1. The molecule has 3 aromatic rings. The smallest absolute Gasteiger partial charge is 0.298 e. The van der Waals surface area contributed by atoms with Crippen LogP contribution in [0.3, 0.4) is 0 Å². The molecule has 0 N–H and O–H groups in total. The lowest BCUT2D eigenvalue weighted by Crippen LogP contribution is -2.27. The highest BCUT2D eigenvalue weighted by molar-refractivity contribution is 8.19. The molecule has 2 amide bonds. The highest BCUT2D eigenvalue weighted by Gasteiger charge is 2.36. The topological polar surface area (TPSA) is 42.3 Å². The number of carbonyl (C=O) groups excluding carboxylic acids is 2. The fourth-order valence-electron chi connectivity index (χ4n) is 3.33. The van der Waals surface area contributed by atoms with E-state index in [4.69, 9.17) is 11.6 Å². The summed E-state index contributed by atoms with van der Waals surface area (Å²) in [6.07, 6.45) is 1.79. The van der Waals surface area contributed by atoms with Crippen molar-refractivity contribution in [3.8, 4) is 5.69 Å². The van der Waals surface area contributed by atoms with Gasteiger partial charge in [-0.3, -0.25) is 9.59 Å². The van der Waals surface area contributed by atoms with E-state index in [1.165, 1.54) is 4.90 Å². The Morgan fingerprint density at radius 1 is 0.929 bits per heavy atom. The summed E-state index contributed by atoms with van der Waals surface area (Å²) in [7, 11) is 0. The first-order chi connectivity index (χ1) is 13.5. The largest absolute Gasteiger partial charge is 0.318 e. The van der Waals surface area contributed by atoms with E-state index >= 15 is 0 Å². The van der Waals surface area contributed by atoms with Gasteiger partial charge in [0.25, 0.3) is 11.1 Å². The summed E-state index contributed by atoms with van der Waals surface area (Å²) < 4.78 is 2.13. The molecular weight excluding hydrogens is 392 g/mol. The number of thioether (sulfide) groups is 1. The van der Waals surface area contributed by atoms with Gasteiger partial charge in [0.1, 0.15) is 0 Å². The van der Waals surface area contributed by atoms with Crippen molar-refractivity contribution >= 4 is 46.3 Å². The van der Waals surface area contributed by atoms with Crippen LogP contribution in [0.1, 0.15) is 17.0 Å². The Kier molecular flexibility index (Phi) is 4.87. The van der Waals surface area contributed by atoms with Crippen LogP contribution >= 0.6 is 23.4 Å². The van der Waals surface area contributed by atoms with Gasteiger partial charge in [-0.2, -0.15) is 0 Å². The molecule has 0 saturated carbocycles. The molecule has 2 aromatic carbocycles. The van der Waals surface area contributed by atoms with Gasteiger partial charge >= 0.3 is 0 Å². The molecule has 1 aromatic heterocycles. The number of benzene rings is 2. The summed E-state index contributed by atoms with van der Waals surface area (Å²) in [4.78, 5) is 26.9. The summed E-state index contributed by atoms with van der Waals surface area (Å²) in [6.45, 7) is 4.03. The van der Waals surface area contributed by atoms with Crippen LogP contribution in [0.25, 0.3) is 11.8 Å². The van der Waals surface area contributed by atoms with Gasteiger partial charge in [-0.05, 0) is 79.7 Å². The molecule has 6 heteroatoms. The standard InChI is InChI=1S/C22H17ClN2O2S/c1-14-12-16(15(2)24(14)18-6-4-3-5-7-18)13-20-21(26)25(22(27)28-20)19-10-8-17(23)9-11-19/h3-13H,1-2H3/b20-13-. The molecular formula is C22H17ClN2O2S. The van der Waals surface area contributed by atoms with E-state index in [1.54, 1.807) is 30.3 Å². The molecule has 1 aliphatic heterocycles. The van der Waals surface area contributed by atoms with E-state index in [0.717, 1.165) is 34.4 Å². The maximum atomic E-state index is 12.9. The maximum absolute atomic E-state index is 12.9. The fourth-order valence-corrected chi connectivity index (χ4v) is 4.29. The van der Waals surface area contributed by atoms with Gasteiger partial charge in [0.2, 0.25) is 0 Å². The second kappa shape index (κ2) is 7.34. The van der Waals surface area contributed by atoms with Gasteiger partial charge in [0.15, 0.2) is 0 Å². The molecule has 0 unspecified atom stereocenters.